The molecule has 3 rings (SSSR count). The van der Waals surface area contributed by atoms with Crippen LogP contribution in [0.1, 0.15) is 30.5 Å². The van der Waals surface area contributed by atoms with E-state index in [9.17, 15) is 4.79 Å². The first kappa shape index (κ1) is 25.9. The molecular formula is C24H24O6W. The summed E-state index contributed by atoms with van der Waals surface area (Å²) in [4.78, 5) is 19.7. The van der Waals surface area contributed by atoms with Crippen LogP contribution < -0.4 is 9.47 Å². The minimum Gasteiger partial charge on any atom is -0.497 e. The number of ether oxygens (including phenoxy) is 2. The Hall–Kier alpha value is -3.11. The first-order chi connectivity index (χ1) is 14.3. The van der Waals surface area contributed by atoms with Gasteiger partial charge in [-0.25, -0.2) is 4.79 Å². The minimum atomic E-state index is -1.32. The molecule has 0 aliphatic heterocycles. The van der Waals surface area contributed by atoms with E-state index in [1.54, 1.807) is 19.2 Å². The molecule has 0 saturated heterocycles. The quantitative estimate of drug-likeness (QED) is 0.241. The number of hydrogen-bond donors (Lipinski definition) is 2. The van der Waals surface area contributed by atoms with Crippen molar-refractivity contribution in [1.82, 2.24) is 0 Å². The van der Waals surface area contributed by atoms with E-state index < -0.39 is 17.5 Å². The van der Waals surface area contributed by atoms with E-state index in [4.69, 9.17) is 24.5 Å². The van der Waals surface area contributed by atoms with Crippen LogP contribution in [0.25, 0.3) is 0 Å². The molecule has 0 aliphatic carbocycles. The summed E-state index contributed by atoms with van der Waals surface area (Å²) in [6.07, 6.45) is -1.32. The zero-order chi connectivity index (χ0) is 22.1. The van der Waals surface area contributed by atoms with Gasteiger partial charge in [0.05, 0.1) is 7.11 Å². The van der Waals surface area contributed by atoms with Crippen molar-refractivity contribution >= 4 is 12.1 Å². The fraction of sp³-hybridized carbons (Fsp3) is 0.167. The fourth-order valence-corrected chi connectivity index (χ4v) is 3.15. The number of carbonyl (C=O) groups is 2. The van der Waals surface area contributed by atoms with Crippen LogP contribution in [0.5, 0.6) is 11.5 Å². The van der Waals surface area contributed by atoms with Gasteiger partial charge in [0.2, 0.25) is 0 Å². The second-order valence-corrected chi connectivity index (χ2v) is 6.63. The minimum absolute atomic E-state index is 0. The van der Waals surface area contributed by atoms with E-state index in [1.807, 2.05) is 54.6 Å². The van der Waals surface area contributed by atoms with Crippen LogP contribution in [-0.4, -0.2) is 29.4 Å². The number of carboxylic acid groups (broad SMARTS) is 2. The van der Waals surface area contributed by atoms with E-state index in [-0.39, 0.29) is 21.1 Å². The molecule has 0 radical (unpaired) electrons. The van der Waals surface area contributed by atoms with Crippen molar-refractivity contribution in [1.29, 1.82) is 0 Å². The molecule has 0 bridgehead atoms. The normalized spacial score (nSPS) is 11.6. The predicted octanol–water partition coefficient (Wildman–Crippen LogP) is 5.19. The van der Waals surface area contributed by atoms with Crippen LogP contribution >= 0.6 is 0 Å². The second kappa shape index (κ2) is 11.9. The Morgan fingerprint density at radius 2 is 1.13 bits per heavy atom. The van der Waals surface area contributed by atoms with Gasteiger partial charge in [0.25, 0.3) is 5.97 Å². The first-order valence-corrected chi connectivity index (χ1v) is 9.18. The molecule has 0 fully saturated rings. The molecule has 0 saturated carbocycles. The Morgan fingerprint density at radius 3 is 1.52 bits per heavy atom. The number of methoxy groups -OCH3 is 1. The molecule has 0 aliphatic rings. The fourth-order valence-electron chi connectivity index (χ4n) is 3.15. The zero-order valence-electron chi connectivity index (χ0n) is 17.4. The van der Waals surface area contributed by atoms with E-state index in [2.05, 4.69) is 19.1 Å². The molecule has 7 heteroatoms. The van der Waals surface area contributed by atoms with Crippen LogP contribution in [0, 0.1) is 0 Å². The summed E-state index contributed by atoms with van der Waals surface area (Å²) in [5.41, 5.74) is 2.87. The van der Waals surface area contributed by atoms with Gasteiger partial charge >= 0.3 is 6.16 Å². The van der Waals surface area contributed by atoms with Crippen molar-refractivity contribution in [3.63, 3.8) is 0 Å². The van der Waals surface area contributed by atoms with Crippen molar-refractivity contribution in [2.24, 2.45) is 0 Å². The molecule has 0 spiro atoms. The van der Waals surface area contributed by atoms with E-state index >= 15 is 0 Å². The van der Waals surface area contributed by atoms with Crippen LogP contribution in [0.4, 0.5) is 4.79 Å². The van der Waals surface area contributed by atoms with E-state index in [0.29, 0.717) is 5.75 Å². The molecule has 3 aromatic rings. The van der Waals surface area contributed by atoms with E-state index in [1.165, 1.54) is 0 Å². The third kappa shape index (κ3) is 6.97. The summed E-state index contributed by atoms with van der Waals surface area (Å²) in [6, 6.07) is 25.3. The Balaban J connectivity index is 0.000000885. The number of carboxylic acids is 1. The zero-order valence-corrected chi connectivity index (χ0v) is 20.4. The number of benzene rings is 3. The molecule has 31 heavy (non-hydrogen) atoms. The average molecular weight is 592 g/mol. The molecular weight excluding hydrogens is 568 g/mol. The third-order valence-corrected chi connectivity index (χ3v) is 4.66. The average Bonchev–Trinajstić information content (AvgIpc) is 2.73. The molecule has 6 nitrogen and oxygen atoms in total. The summed E-state index contributed by atoms with van der Waals surface area (Å²) in [5, 5.41) is 16.2. The maximum atomic E-state index is 10.7. The Kier molecular flexibility index (Phi) is 9.96. The Morgan fingerprint density at radius 1 is 0.742 bits per heavy atom. The van der Waals surface area contributed by atoms with E-state index in [0.717, 1.165) is 29.4 Å². The smallest absolute Gasteiger partial charge is 0.497 e. The van der Waals surface area contributed by atoms with Crippen molar-refractivity contribution in [2.75, 3.05) is 7.11 Å². The summed E-state index contributed by atoms with van der Waals surface area (Å²) in [6.45, 7) is 3.23. The molecule has 0 heterocycles. The van der Waals surface area contributed by atoms with Gasteiger partial charge in [0.1, 0.15) is 11.5 Å². The Labute approximate surface area is 195 Å². The molecule has 0 aromatic heterocycles. The van der Waals surface area contributed by atoms with Crippen LogP contribution in [-0.2, 0) is 31.3 Å². The topological polar surface area (TPSA) is 93.1 Å². The maximum absolute atomic E-state index is 10.7. The summed E-state index contributed by atoms with van der Waals surface area (Å²) in [7, 11) is 1.65. The maximum Gasteiger partial charge on any atom is 0.511 e. The molecule has 162 valence electrons. The third-order valence-electron chi connectivity index (χ3n) is 4.66. The first-order valence-electron chi connectivity index (χ1n) is 9.18. The van der Waals surface area contributed by atoms with Gasteiger partial charge in [-0.1, -0.05) is 54.6 Å². The van der Waals surface area contributed by atoms with Gasteiger partial charge in [-0.2, -0.15) is 0 Å². The SMILES string of the molecule is CC(=O)O.COc1ccc(C(C)(c2ccccc2)c2ccc(OC(=O)O)cc2)cc1.[W]. The Bertz CT molecular complexity index is 967. The van der Waals surface area contributed by atoms with Gasteiger partial charge in [-0.15, -0.1) is 0 Å². The molecule has 3 aromatic carbocycles. The van der Waals surface area contributed by atoms with Gasteiger partial charge in [0.15, 0.2) is 0 Å². The predicted molar refractivity (Wildman–Crippen MR) is 113 cm³/mol. The summed E-state index contributed by atoms with van der Waals surface area (Å²) >= 11 is 0. The number of aliphatic carboxylic acids is 1. The standard InChI is InChI=1S/C22H20O4.C2H4O2.W/c1-22(16-6-4-3-5-7-16,17-8-12-19(25-2)13-9-17)18-10-14-20(15-11-18)26-21(23)24;1-2(3)4;/h3-15H,1-2H3,(H,23,24);1H3,(H,3,4);. The van der Waals surface area contributed by atoms with Gasteiger partial charge in [-0.05, 0) is 47.9 Å². The summed E-state index contributed by atoms with van der Waals surface area (Å²) < 4.78 is 10.00. The summed E-state index contributed by atoms with van der Waals surface area (Å²) in [5.74, 6) is 0.265. The van der Waals surface area contributed by atoms with Crippen LogP contribution in [0.3, 0.4) is 0 Å². The van der Waals surface area contributed by atoms with Gasteiger partial charge in [-0.3, -0.25) is 4.79 Å². The molecule has 1 atom stereocenters. The molecule has 2 N–H and O–H groups in total. The van der Waals surface area contributed by atoms with Crippen molar-refractivity contribution in [2.45, 2.75) is 19.3 Å². The second-order valence-electron chi connectivity index (χ2n) is 6.63. The number of hydrogen-bond acceptors (Lipinski definition) is 4. The van der Waals surface area contributed by atoms with Crippen molar-refractivity contribution in [3.8, 4) is 11.5 Å². The largest absolute Gasteiger partial charge is 0.511 e. The van der Waals surface area contributed by atoms with Crippen LogP contribution in [0.15, 0.2) is 78.9 Å². The van der Waals surface area contributed by atoms with Crippen LogP contribution in [0.2, 0.25) is 0 Å². The van der Waals surface area contributed by atoms with Crippen molar-refractivity contribution in [3.05, 3.63) is 95.6 Å². The molecule has 1 unspecified atom stereocenters. The molecule has 0 amide bonds. The van der Waals surface area contributed by atoms with Crippen molar-refractivity contribution < 1.29 is 50.3 Å². The monoisotopic (exact) mass is 592 g/mol. The van der Waals surface area contributed by atoms with Gasteiger partial charge < -0.3 is 19.7 Å². The number of rotatable bonds is 5. The van der Waals surface area contributed by atoms with Gasteiger partial charge in [0, 0.05) is 33.4 Å².